The summed E-state index contributed by atoms with van der Waals surface area (Å²) in [6.45, 7) is 5.79. The SMILES string of the molecule is C=C(/C=C/CCC)CO. The average Bonchev–Trinajstić information content (AvgIpc) is 1.89. The van der Waals surface area contributed by atoms with Crippen molar-refractivity contribution < 1.29 is 5.11 Å². The molecular formula is C8H14O. The summed E-state index contributed by atoms with van der Waals surface area (Å²) in [6.07, 6.45) is 6.11. The molecule has 0 saturated heterocycles. The van der Waals surface area contributed by atoms with Crippen molar-refractivity contribution in [2.45, 2.75) is 19.8 Å². The van der Waals surface area contributed by atoms with Gasteiger partial charge in [-0.1, -0.05) is 32.1 Å². The fourth-order valence-corrected chi connectivity index (χ4v) is 0.469. The number of aliphatic hydroxyl groups excluding tert-OH is 1. The molecule has 1 nitrogen and oxygen atoms in total. The standard InChI is InChI=1S/C8H14O/c1-3-4-5-6-8(2)7-9/h5-6,9H,2-4,7H2,1H3/b6-5+. The van der Waals surface area contributed by atoms with E-state index in [0.717, 1.165) is 18.4 Å². The molecule has 1 N–H and O–H groups in total. The number of allylic oxidation sites excluding steroid dienone is 1. The number of aliphatic hydroxyl groups is 1. The first kappa shape index (κ1) is 8.44. The van der Waals surface area contributed by atoms with Gasteiger partial charge in [0, 0.05) is 0 Å². The molecule has 0 rings (SSSR count). The first-order valence-electron chi connectivity index (χ1n) is 3.26. The van der Waals surface area contributed by atoms with Crippen LogP contribution in [0.15, 0.2) is 24.3 Å². The third-order valence-corrected chi connectivity index (χ3v) is 1.01. The molecule has 0 saturated carbocycles. The summed E-state index contributed by atoms with van der Waals surface area (Å²) in [5.74, 6) is 0. The summed E-state index contributed by atoms with van der Waals surface area (Å²) in [5.41, 5.74) is 0.781. The predicted molar refractivity (Wildman–Crippen MR) is 40.3 cm³/mol. The lowest BCUT2D eigenvalue weighted by atomic mass is 10.2. The van der Waals surface area contributed by atoms with E-state index in [2.05, 4.69) is 13.5 Å². The van der Waals surface area contributed by atoms with Crippen LogP contribution in [0, 0.1) is 0 Å². The van der Waals surface area contributed by atoms with Crippen LogP contribution in [0.5, 0.6) is 0 Å². The molecule has 0 atom stereocenters. The summed E-state index contributed by atoms with van der Waals surface area (Å²) < 4.78 is 0. The minimum atomic E-state index is 0.0697. The van der Waals surface area contributed by atoms with Crippen LogP contribution in [0.3, 0.4) is 0 Å². The van der Waals surface area contributed by atoms with Gasteiger partial charge < -0.3 is 5.11 Å². The van der Waals surface area contributed by atoms with Crippen molar-refractivity contribution in [1.82, 2.24) is 0 Å². The van der Waals surface area contributed by atoms with E-state index in [4.69, 9.17) is 5.11 Å². The molecule has 0 aliphatic carbocycles. The van der Waals surface area contributed by atoms with Crippen LogP contribution < -0.4 is 0 Å². The molecular weight excluding hydrogens is 112 g/mol. The van der Waals surface area contributed by atoms with Gasteiger partial charge in [-0.05, 0) is 12.0 Å². The van der Waals surface area contributed by atoms with Crippen LogP contribution in [0.2, 0.25) is 0 Å². The first-order chi connectivity index (χ1) is 4.31. The Balaban J connectivity index is 3.32. The average molecular weight is 126 g/mol. The maximum Gasteiger partial charge on any atom is 0.0676 e. The van der Waals surface area contributed by atoms with Gasteiger partial charge in [0.05, 0.1) is 6.61 Å². The van der Waals surface area contributed by atoms with Crippen molar-refractivity contribution in [2.24, 2.45) is 0 Å². The van der Waals surface area contributed by atoms with Crippen LogP contribution in [-0.2, 0) is 0 Å². The van der Waals surface area contributed by atoms with Crippen LogP contribution in [0.4, 0.5) is 0 Å². The number of hydrogen-bond donors (Lipinski definition) is 1. The fourth-order valence-electron chi connectivity index (χ4n) is 0.469. The molecule has 0 unspecified atom stereocenters. The molecule has 9 heavy (non-hydrogen) atoms. The van der Waals surface area contributed by atoms with Crippen LogP contribution in [0.25, 0.3) is 0 Å². The molecule has 0 heterocycles. The maximum atomic E-state index is 8.48. The highest BCUT2D eigenvalue weighted by Gasteiger charge is 1.79. The molecule has 0 spiro atoms. The molecule has 0 aromatic carbocycles. The van der Waals surface area contributed by atoms with E-state index in [1.165, 1.54) is 0 Å². The molecule has 0 aliphatic rings. The molecule has 0 bridgehead atoms. The summed E-state index contributed by atoms with van der Waals surface area (Å²) >= 11 is 0. The molecule has 0 aliphatic heterocycles. The van der Waals surface area contributed by atoms with E-state index in [-0.39, 0.29) is 6.61 Å². The normalized spacial score (nSPS) is 10.4. The summed E-state index contributed by atoms with van der Waals surface area (Å²) in [4.78, 5) is 0. The molecule has 1 heteroatoms. The second-order valence-electron chi connectivity index (χ2n) is 2.01. The largest absolute Gasteiger partial charge is 0.392 e. The van der Waals surface area contributed by atoms with E-state index in [1.807, 2.05) is 12.2 Å². The molecule has 0 aromatic heterocycles. The Morgan fingerprint density at radius 2 is 2.33 bits per heavy atom. The van der Waals surface area contributed by atoms with Gasteiger partial charge in [0.15, 0.2) is 0 Å². The summed E-state index contributed by atoms with van der Waals surface area (Å²) in [5, 5.41) is 8.48. The Kier molecular flexibility index (Phi) is 5.23. The van der Waals surface area contributed by atoms with Crippen LogP contribution in [0.1, 0.15) is 19.8 Å². The van der Waals surface area contributed by atoms with Crippen molar-refractivity contribution in [3.05, 3.63) is 24.3 Å². The maximum absolute atomic E-state index is 8.48. The Labute approximate surface area is 56.7 Å². The lowest BCUT2D eigenvalue weighted by Crippen LogP contribution is -1.81. The number of hydrogen-bond acceptors (Lipinski definition) is 1. The quantitative estimate of drug-likeness (QED) is 0.570. The highest BCUT2D eigenvalue weighted by molar-refractivity contribution is 5.13. The van der Waals surface area contributed by atoms with Gasteiger partial charge in [-0.25, -0.2) is 0 Å². The Morgan fingerprint density at radius 3 is 2.78 bits per heavy atom. The van der Waals surface area contributed by atoms with Gasteiger partial charge in [-0.2, -0.15) is 0 Å². The predicted octanol–water partition coefficient (Wildman–Crippen LogP) is 1.89. The van der Waals surface area contributed by atoms with Crippen molar-refractivity contribution in [3.8, 4) is 0 Å². The zero-order valence-corrected chi connectivity index (χ0v) is 5.93. The van der Waals surface area contributed by atoms with Crippen molar-refractivity contribution >= 4 is 0 Å². The molecule has 0 radical (unpaired) electrons. The molecule has 52 valence electrons. The van der Waals surface area contributed by atoms with Crippen molar-refractivity contribution in [1.29, 1.82) is 0 Å². The number of rotatable bonds is 4. The lowest BCUT2D eigenvalue weighted by Gasteiger charge is -1.89. The topological polar surface area (TPSA) is 20.2 Å². The minimum Gasteiger partial charge on any atom is -0.392 e. The molecule has 0 aromatic rings. The van der Waals surface area contributed by atoms with E-state index in [9.17, 15) is 0 Å². The smallest absolute Gasteiger partial charge is 0.0676 e. The van der Waals surface area contributed by atoms with Gasteiger partial charge in [-0.15, -0.1) is 0 Å². The summed E-state index contributed by atoms with van der Waals surface area (Å²) in [6, 6.07) is 0. The van der Waals surface area contributed by atoms with Gasteiger partial charge in [0.1, 0.15) is 0 Å². The highest BCUT2D eigenvalue weighted by Crippen LogP contribution is 1.94. The van der Waals surface area contributed by atoms with E-state index in [0.29, 0.717) is 0 Å². The van der Waals surface area contributed by atoms with E-state index >= 15 is 0 Å². The second-order valence-corrected chi connectivity index (χ2v) is 2.01. The van der Waals surface area contributed by atoms with E-state index < -0.39 is 0 Å². The van der Waals surface area contributed by atoms with Crippen LogP contribution >= 0.6 is 0 Å². The van der Waals surface area contributed by atoms with E-state index in [1.54, 1.807) is 0 Å². The summed E-state index contributed by atoms with van der Waals surface area (Å²) in [7, 11) is 0. The minimum absolute atomic E-state index is 0.0697. The molecule has 0 fully saturated rings. The Hall–Kier alpha value is -0.560. The third-order valence-electron chi connectivity index (χ3n) is 1.01. The van der Waals surface area contributed by atoms with Crippen molar-refractivity contribution in [2.75, 3.05) is 6.61 Å². The zero-order chi connectivity index (χ0) is 7.11. The van der Waals surface area contributed by atoms with Crippen molar-refractivity contribution in [3.63, 3.8) is 0 Å². The zero-order valence-electron chi connectivity index (χ0n) is 5.93. The van der Waals surface area contributed by atoms with Gasteiger partial charge >= 0.3 is 0 Å². The van der Waals surface area contributed by atoms with Crippen LogP contribution in [-0.4, -0.2) is 11.7 Å². The Bertz CT molecular complexity index is 103. The fraction of sp³-hybridized carbons (Fsp3) is 0.500. The number of unbranched alkanes of at least 4 members (excludes halogenated alkanes) is 1. The Morgan fingerprint density at radius 1 is 1.67 bits per heavy atom. The third kappa shape index (κ3) is 5.31. The highest BCUT2D eigenvalue weighted by atomic mass is 16.3. The van der Waals surface area contributed by atoms with Gasteiger partial charge in [0.25, 0.3) is 0 Å². The lowest BCUT2D eigenvalue weighted by molar-refractivity contribution is 0.335. The second kappa shape index (κ2) is 5.57. The van der Waals surface area contributed by atoms with Gasteiger partial charge in [0.2, 0.25) is 0 Å². The first-order valence-corrected chi connectivity index (χ1v) is 3.26. The molecule has 0 amide bonds. The van der Waals surface area contributed by atoms with Gasteiger partial charge in [-0.3, -0.25) is 0 Å². The monoisotopic (exact) mass is 126 g/mol.